The van der Waals surface area contributed by atoms with E-state index in [1.807, 2.05) is 0 Å². The van der Waals surface area contributed by atoms with Crippen molar-refractivity contribution in [1.29, 1.82) is 0 Å². The molecule has 1 fully saturated rings. The van der Waals surface area contributed by atoms with Crippen LogP contribution in [0.15, 0.2) is 24.3 Å². The van der Waals surface area contributed by atoms with E-state index in [4.69, 9.17) is 5.73 Å². The second-order valence-corrected chi connectivity index (χ2v) is 6.41. The van der Waals surface area contributed by atoms with Crippen LogP contribution in [0.4, 0.5) is 5.69 Å². The van der Waals surface area contributed by atoms with Crippen LogP contribution in [0.1, 0.15) is 50.6 Å². The third-order valence-electron chi connectivity index (χ3n) is 4.71. The zero-order chi connectivity index (χ0) is 15.2. The van der Waals surface area contributed by atoms with E-state index in [1.54, 1.807) is 0 Å². The lowest BCUT2D eigenvalue weighted by atomic mass is 9.93. The molecule has 21 heavy (non-hydrogen) atoms. The van der Waals surface area contributed by atoms with E-state index in [0.29, 0.717) is 18.6 Å². The van der Waals surface area contributed by atoms with E-state index in [1.165, 1.54) is 49.9 Å². The molecule has 1 aliphatic heterocycles. The van der Waals surface area contributed by atoms with E-state index in [0.717, 1.165) is 0 Å². The van der Waals surface area contributed by atoms with Crippen molar-refractivity contribution in [2.45, 2.75) is 51.1 Å². The minimum Gasteiger partial charge on any atom is -0.378 e. The fraction of sp³-hybridized carbons (Fsp3) is 0.667. The van der Waals surface area contributed by atoms with Gasteiger partial charge in [0, 0.05) is 38.4 Å². The fourth-order valence-corrected chi connectivity index (χ4v) is 3.53. The molecule has 0 aliphatic carbocycles. The summed E-state index contributed by atoms with van der Waals surface area (Å²) in [6.07, 6.45) is 6.58. The Morgan fingerprint density at radius 1 is 1.24 bits per heavy atom. The van der Waals surface area contributed by atoms with Crippen LogP contribution in [0.25, 0.3) is 0 Å². The van der Waals surface area contributed by atoms with E-state index in [-0.39, 0.29) is 0 Å². The third kappa shape index (κ3) is 3.98. The summed E-state index contributed by atoms with van der Waals surface area (Å²) >= 11 is 0. The van der Waals surface area contributed by atoms with Crippen molar-refractivity contribution in [3.05, 3.63) is 29.8 Å². The van der Waals surface area contributed by atoms with E-state index in [9.17, 15) is 0 Å². The van der Waals surface area contributed by atoms with Gasteiger partial charge in [0.2, 0.25) is 0 Å². The SMILES string of the molecule is CCCC1CCCCN1C(CN)c1ccc(N(C)C)cc1. The summed E-state index contributed by atoms with van der Waals surface area (Å²) in [4.78, 5) is 4.81. The smallest absolute Gasteiger partial charge is 0.0473 e. The van der Waals surface area contributed by atoms with Crippen molar-refractivity contribution >= 4 is 5.69 Å². The first-order chi connectivity index (χ1) is 10.2. The summed E-state index contributed by atoms with van der Waals surface area (Å²) in [6.45, 7) is 4.19. The zero-order valence-electron chi connectivity index (χ0n) is 13.9. The minimum absolute atomic E-state index is 0.373. The lowest BCUT2D eigenvalue weighted by Gasteiger charge is -2.41. The molecule has 3 heteroatoms. The number of benzene rings is 1. The second kappa shape index (κ2) is 7.81. The molecule has 0 spiro atoms. The molecular formula is C18H31N3. The molecule has 1 heterocycles. The molecule has 2 atom stereocenters. The fourth-order valence-electron chi connectivity index (χ4n) is 3.53. The number of likely N-dealkylation sites (tertiary alicyclic amines) is 1. The van der Waals surface area contributed by atoms with Crippen LogP contribution >= 0.6 is 0 Å². The van der Waals surface area contributed by atoms with E-state index >= 15 is 0 Å². The predicted octanol–water partition coefficient (Wildman–Crippen LogP) is 3.41. The van der Waals surface area contributed by atoms with Crippen LogP contribution in [-0.2, 0) is 0 Å². The van der Waals surface area contributed by atoms with Crippen molar-refractivity contribution in [2.24, 2.45) is 5.73 Å². The Hall–Kier alpha value is -1.06. The molecule has 0 amide bonds. The predicted molar refractivity (Wildman–Crippen MR) is 91.8 cm³/mol. The Balaban J connectivity index is 2.16. The number of nitrogens with two attached hydrogens (primary N) is 1. The number of hydrogen-bond acceptors (Lipinski definition) is 3. The maximum atomic E-state index is 6.14. The molecule has 0 radical (unpaired) electrons. The van der Waals surface area contributed by atoms with Gasteiger partial charge in [-0.05, 0) is 43.5 Å². The highest BCUT2D eigenvalue weighted by atomic mass is 15.2. The van der Waals surface area contributed by atoms with Crippen molar-refractivity contribution in [3.63, 3.8) is 0 Å². The Bertz CT molecular complexity index is 411. The highest BCUT2D eigenvalue weighted by molar-refractivity contribution is 5.46. The van der Waals surface area contributed by atoms with Gasteiger partial charge in [0.05, 0.1) is 0 Å². The molecule has 1 aliphatic rings. The molecule has 0 saturated carbocycles. The van der Waals surface area contributed by atoms with Gasteiger partial charge in [0.15, 0.2) is 0 Å². The molecule has 2 N–H and O–H groups in total. The number of anilines is 1. The Kier molecular flexibility index (Phi) is 6.07. The zero-order valence-corrected chi connectivity index (χ0v) is 13.9. The van der Waals surface area contributed by atoms with Crippen LogP contribution in [0.5, 0.6) is 0 Å². The molecule has 0 bridgehead atoms. The molecule has 0 aromatic heterocycles. The highest BCUT2D eigenvalue weighted by Gasteiger charge is 2.28. The average Bonchev–Trinajstić information content (AvgIpc) is 2.50. The lowest BCUT2D eigenvalue weighted by molar-refractivity contribution is 0.0913. The van der Waals surface area contributed by atoms with Crippen LogP contribution in [0, 0.1) is 0 Å². The van der Waals surface area contributed by atoms with Crippen molar-refractivity contribution < 1.29 is 0 Å². The van der Waals surface area contributed by atoms with Gasteiger partial charge in [-0.25, -0.2) is 0 Å². The molecule has 3 nitrogen and oxygen atoms in total. The summed E-state index contributed by atoms with van der Waals surface area (Å²) in [6, 6.07) is 10.0. The average molecular weight is 289 g/mol. The first kappa shape index (κ1) is 16.3. The molecule has 1 saturated heterocycles. The molecule has 2 rings (SSSR count). The Morgan fingerprint density at radius 2 is 1.95 bits per heavy atom. The number of nitrogens with zero attached hydrogens (tertiary/aromatic N) is 2. The quantitative estimate of drug-likeness (QED) is 0.871. The van der Waals surface area contributed by atoms with Gasteiger partial charge in [0.25, 0.3) is 0 Å². The first-order valence-corrected chi connectivity index (χ1v) is 8.40. The monoisotopic (exact) mass is 289 g/mol. The van der Waals surface area contributed by atoms with Crippen LogP contribution < -0.4 is 10.6 Å². The Morgan fingerprint density at radius 3 is 2.52 bits per heavy atom. The lowest BCUT2D eigenvalue weighted by Crippen LogP contribution is -2.44. The largest absolute Gasteiger partial charge is 0.378 e. The molecular weight excluding hydrogens is 258 g/mol. The van der Waals surface area contributed by atoms with Gasteiger partial charge in [-0.1, -0.05) is 31.9 Å². The summed E-state index contributed by atoms with van der Waals surface area (Å²) in [5.74, 6) is 0. The van der Waals surface area contributed by atoms with Gasteiger partial charge in [-0.2, -0.15) is 0 Å². The molecule has 2 unspecified atom stereocenters. The van der Waals surface area contributed by atoms with Crippen LogP contribution in [0.2, 0.25) is 0 Å². The van der Waals surface area contributed by atoms with Crippen molar-refractivity contribution in [1.82, 2.24) is 4.90 Å². The standard InChI is InChI=1S/C18H31N3/c1-4-7-17-8-5-6-13-21(17)18(14-19)15-9-11-16(12-10-15)20(2)3/h9-12,17-18H,4-8,13-14,19H2,1-3H3. The van der Waals surface area contributed by atoms with Gasteiger partial charge < -0.3 is 10.6 Å². The molecule has 1 aromatic rings. The minimum atomic E-state index is 0.373. The topological polar surface area (TPSA) is 32.5 Å². The number of hydrogen-bond donors (Lipinski definition) is 1. The normalized spacial score (nSPS) is 21.2. The van der Waals surface area contributed by atoms with Crippen molar-refractivity contribution in [3.8, 4) is 0 Å². The number of rotatable bonds is 6. The van der Waals surface area contributed by atoms with Crippen LogP contribution in [-0.4, -0.2) is 38.1 Å². The maximum absolute atomic E-state index is 6.14. The summed E-state index contributed by atoms with van der Waals surface area (Å²) in [5, 5.41) is 0. The number of piperidine rings is 1. The van der Waals surface area contributed by atoms with Gasteiger partial charge in [-0.15, -0.1) is 0 Å². The molecule has 1 aromatic carbocycles. The Labute approximate surface area is 130 Å². The van der Waals surface area contributed by atoms with Gasteiger partial charge >= 0.3 is 0 Å². The highest BCUT2D eigenvalue weighted by Crippen LogP contribution is 2.30. The summed E-state index contributed by atoms with van der Waals surface area (Å²) in [7, 11) is 4.16. The van der Waals surface area contributed by atoms with E-state index < -0.39 is 0 Å². The summed E-state index contributed by atoms with van der Waals surface area (Å²) < 4.78 is 0. The van der Waals surface area contributed by atoms with Crippen LogP contribution in [0.3, 0.4) is 0 Å². The third-order valence-corrected chi connectivity index (χ3v) is 4.71. The second-order valence-electron chi connectivity index (χ2n) is 6.41. The maximum Gasteiger partial charge on any atom is 0.0473 e. The van der Waals surface area contributed by atoms with Gasteiger partial charge in [0.1, 0.15) is 0 Å². The molecule has 118 valence electrons. The van der Waals surface area contributed by atoms with Gasteiger partial charge in [-0.3, -0.25) is 4.90 Å². The summed E-state index contributed by atoms with van der Waals surface area (Å²) in [5.41, 5.74) is 8.75. The first-order valence-electron chi connectivity index (χ1n) is 8.40. The van der Waals surface area contributed by atoms with E-state index in [2.05, 4.69) is 55.1 Å². The van der Waals surface area contributed by atoms with Crippen molar-refractivity contribution in [2.75, 3.05) is 32.1 Å².